The van der Waals surface area contributed by atoms with Crippen LogP contribution in [0.3, 0.4) is 0 Å². The van der Waals surface area contributed by atoms with Crippen LogP contribution in [0.1, 0.15) is 13.3 Å². The third kappa shape index (κ3) is 4.06. The minimum absolute atomic E-state index is 0.605. The van der Waals surface area contributed by atoms with Gasteiger partial charge in [0.25, 0.3) is 0 Å². The average molecular weight is 238 g/mol. The lowest BCUT2D eigenvalue weighted by Crippen LogP contribution is -2.22. The highest BCUT2D eigenvalue weighted by atomic mass is 32.2. The molecule has 90 valence electrons. The summed E-state index contributed by atoms with van der Waals surface area (Å²) in [5.74, 6) is 0.605. The Morgan fingerprint density at radius 1 is 1.31 bits per heavy atom. The number of hydrogen-bond donors (Lipinski definition) is 1. The summed E-state index contributed by atoms with van der Waals surface area (Å²) in [6.45, 7) is 4.04. The maximum absolute atomic E-state index is 5.61. The Hall–Kier alpha value is -0.670. The molecule has 0 fully saturated rings. The van der Waals surface area contributed by atoms with Crippen LogP contribution in [0.15, 0.2) is 29.2 Å². The molecule has 0 aromatic heterocycles. The molecular weight excluding hydrogens is 216 g/mol. The van der Waals surface area contributed by atoms with Crippen molar-refractivity contribution in [3.63, 3.8) is 0 Å². The van der Waals surface area contributed by atoms with Gasteiger partial charge >= 0.3 is 0 Å². The molecule has 0 aliphatic carbocycles. The molecule has 0 heterocycles. The van der Waals surface area contributed by atoms with Crippen LogP contribution < -0.4 is 10.6 Å². The number of rotatable bonds is 6. The number of nitrogens with zero attached hydrogens (tertiary/aromatic N) is 1. The first kappa shape index (κ1) is 13.4. The van der Waals surface area contributed by atoms with Crippen molar-refractivity contribution in [1.82, 2.24) is 0 Å². The van der Waals surface area contributed by atoms with E-state index in [0.717, 1.165) is 19.5 Å². The summed E-state index contributed by atoms with van der Waals surface area (Å²) in [5, 5.41) is 0. The second kappa shape index (κ2) is 6.81. The molecule has 0 saturated heterocycles. The molecule has 2 nitrogen and oxygen atoms in total. The van der Waals surface area contributed by atoms with Crippen LogP contribution in [0.5, 0.6) is 0 Å². The monoisotopic (exact) mass is 238 g/mol. The van der Waals surface area contributed by atoms with E-state index < -0.39 is 0 Å². The number of thioether (sulfide) groups is 1. The first-order valence-electron chi connectivity index (χ1n) is 5.72. The molecule has 0 bridgehead atoms. The number of benzene rings is 1. The second-order valence-corrected chi connectivity index (χ2v) is 5.13. The van der Waals surface area contributed by atoms with Crippen molar-refractivity contribution in [2.45, 2.75) is 18.2 Å². The van der Waals surface area contributed by atoms with E-state index in [0.29, 0.717) is 5.92 Å². The Labute approximate surface area is 103 Å². The van der Waals surface area contributed by atoms with E-state index in [-0.39, 0.29) is 0 Å². The Morgan fingerprint density at radius 3 is 2.44 bits per heavy atom. The van der Waals surface area contributed by atoms with E-state index in [4.69, 9.17) is 5.73 Å². The highest BCUT2D eigenvalue weighted by Crippen LogP contribution is 2.20. The Bertz CT molecular complexity index is 297. The van der Waals surface area contributed by atoms with Gasteiger partial charge in [0, 0.05) is 24.2 Å². The van der Waals surface area contributed by atoms with Crippen LogP contribution in [-0.2, 0) is 0 Å². The Balaban J connectivity index is 2.49. The van der Waals surface area contributed by atoms with Gasteiger partial charge in [-0.3, -0.25) is 0 Å². The van der Waals surface area contributed by atoms with Gasteiger partial charge in [0.15, 0.2) is 0 Å². The van der Waals surface area contributed by atoms with Gasteiger partial charge in [-0.05, 0) is 49.4 Å². The fourth-order valence-corrected chi connectivity index (χ4v) is 1.91. The van der Waals surface area contributed by atoms with E-state index in [1.165, 1.54) is 10.6 Å². The first-order valence-corrected chi connectivity index (χ1v) is 6.95. The fraction of sp³-hybridized carbons (Fsp3) is 0.538. The van der Waals surface area contributed by atoms with Crippen molar-refractivity contribution in [2.24, 2.45) is 11.7 Å². The lowest BCUT2D eigenvalue weighted by molar-refractivity contribution is 0.545. The molecule has 0 aliphatic rings. The SMILES string of the molecule is CSc1ccc(N(C)CCC(C)CN)cc1. The van der Waals surface area contributed by atoms with Crippen molar-refractivity contribution < 1.29 is 0 Å². The van der Waals surface area contributed by atoms with E-state index in [1.54, 1.807) is 11.8 Å². The molecule has 1 rings (SSSR count). The maximum atomic E-state index is 5.61. The maximum Gasteiger partial charge on any atom is 0.0364 e. The lowest BCUT2D eigenvalue weighted by atomic mass is 10.1. The molecule has 1 atom stereocenters. The van der Waals surface area contributed by atoms with E-state index in [1.807, 2.05) is 0 Å². The van der Waals surface area contributed by atoms with E-state index in [9.17, 15) is 0 Å². The molecule has 16 heavy (non-hydrogen) atoms. The van der Waals surface area contributed by atoms with Crippen molar-refractivity contribution in [2.75, 3.05) is 31.3 Å². The zero-order valence-corrected chi connectivity index (χ0v) is 11.3. The van der Waals surface area contributed by atoms with Crippen LogP contribution in [0.4, 0.5) is 5.69 Å². The zero-order valence-electron chi connectivity index (χ0n) is 10.4. The lowest BCUT2D eigenvalue weighted by Gasteiger charge is -2.21. The van der Waals surface area contributed by atoms with Crippen LogP contribution in [0, 0.1) is 5.92 Å². The summed E-state index contributed by atoms with van der Waals surface area (Å²) in [5.41, 5.74) is 6.89. The summed E-state index contributed by atoms with van der Waals surface area (Å²) in [7, 11) is 2.14. The summed E-state index contributed by atoms with van der Waals surface area (Å²) in [6, 6.07) is 8.70. The molecule has 0 amide bonds. The molecule has 0 spiro atoms. The van der Waals surface area contributed by atoms with Crippen molar-refractivity contribution in [1.29, 1.82) is 0 Å². The largest absolute Gasteiger partial charge is 0.375 e. The number of anilines is 1. The van der Waals surface area contributed by atoms with Gasteiger partial charge in [0.1, 0.15) is 0 Å². The molecule has 1 aromatic rings. The molecule has 1 aromatic carbocycles. The molecule has 0 aliphatic heterocycles. The number of hydrogen-bond acceptors (Lipinski definition) is 3. The van der Waals surface area contributed by atoms with Gasteiger partial charge < -0.3 is 10.6 Å². The minimum Gasteiger partial charge on any atom is -0.375 e. The predicted molar refractivity (Wildman–Crippen MR) is 74.3 cm³/mol. The molecule has 0 radical (unpaired) electrons. The van der Waals surface area contributed by atoms with E-state index >= 15 is 0 Å². The summed E-state index contributed by atoms with van der Waals surface area (Å²) in [6.07, 6.45) is 3.25. The minimum atomic E-state index is 0.605. The zero-order chi connectivity index (χ0) is 12.0. The van der Waals surface area contributed by atoms with Gasteiger partial charge in [0.05, 0.1) is 0 Å². The molecule has 1 unspecified atom stereocenters. The standard InChI is InChI=1S/C13H22N2S/c1-11(10-14)8-9-15(2)12-4-6-13(16-3)7-5-12/h4-7,11H,8-10,14H2,1-3H3. The van der Waals surface area contributed by atoms with Crippen molar-refractivity contribution in [3.8, 4) is 0 Å². The van der Waals surface area contributed by atoms with Gasteiger partial charge in [0.2, 0.25) is 0 Å². The van der Waals surface area contributed by atoms with Gasteiger partial charge in [-0.1, -0.05) is 6.92 Å². The second-order valence-electron chi connectivity index (χ2n) is 4.25. The van der Waals surface area contributed by atoms with Gasteiger partial charge in [-0.15, -0.1) is 11.8 Å². The molecule has 3 heteroatoms. The smallest absolute Gasteiger partial charge is 0.0364 e. The topological polar surface area (TPSA) is 29.3 Å². The summed E-state index contributed by atoms with van der Waals surface area (Å²) in [4.78, 5) is 3.60. The average Bonchev–Trinajstić information content (AvgIpc) is 2.35. The summed E-state index contributed by atoms with van der Waals surface area (Å²) < 4.78 is 0. The first-order chi connectivity index (χ1) is 7.67. The van der Waals surface area contributed by atoms with E-state index in [2.05, 4.69) is 49.4 Å². The van der Waals surface area contributed by atoms with Crippen LogP contribution in [-0.4, -0.2) is 26.4 Å². The predicted octanol–water partition coefficient (Wildman–Crippen LogP) is 2.83. The molecule has 0 saturated carbocycles. The van der Waals surface area contributed by atoms with Crippen LogP contribution in [0.2, 0.25) is 0 Å². The van der Waals surface area contributed by atoms with Crippen molar-refractivity contribution >= 4 is 17.4 Å². The number of nitrogens with two attached hydrogens (primary N) is 1. The van der Waals surface area contributed by atoms with Crippen LogP contribution in [0.25, 0.3) is 0 Å². The normalized spacial score (nSPS) is 12.5. The highest BCUT2D eigenvalue weighted by molar-refractivity contribution is 7.98. The third-order valence-electron chi connectivity index (χ3n) is 2.87. The molecule has 2 N–H and O–H groups in total. The molecular formula is C13H22N2S. The van der Waals surface area contributed by atoms with Gasteiger partial charge in [-0.2, -0.15) is 0 Å². The van der Waals surface area contributed by atoms with Crippen LogP contribution >= 0.6 is 11.8 Å². The fourth-order valence-electron chi connectivity index (χ4n) is 1.50. The highest BCUT2D eigenvalue weighted by Gasteiger charge is 2.04. The summed E-state index contributed by atoms with van der Waals surface area (Å²) >= 11 is 1.78. The Morgan fingerprint density at radius 2 is 1.94 bits per heavy atom. The third-order valence-corrected chi connectivity index (χ3v) is 3.62. The Kier molecular flexibility index (Phi) is 5.71. The van der Waals surface area contributed by atoms with Gasteiger partial charge in [-0.25, -0.2) is 0 Å². The quantitative estimate of drug-likeness (QED) is 0.773. The van der Waals surface area contributed by atoms with Crippen molar-refractivity contribution in [3.05, 3.63) is 24.3 Å².